The fourth-order valence-corrected chi connectivity index (χ4v) is 3.36. The molecule has 0 amide bonds. The van der Waals surface area contributed by atoms with Gasteiger partial charge < -0.3 is 14.8 Å². The van der Waals surface area contributed by atoms with E-state index in [9.17, 15) is 13.2 Å². The lowest BCUT2D eigenvalue weighted by atomic mass is 10.0. The highest BCUT2D eigenvalue weighted by atomic mass is 19.4. The van der Waals surface area contributed by atoms with Crippen LogP contribution in [0.1, 0.15) is 12.0 Å². The molecule has 3 rings (SSSR count). The molecule has 2 atom stereocenters. The summed E-state index contributed by atoms with van der Waals surface area (Å²) < 4.78 is 48.4. The van der Waals surface area contributed by atoms with Crippen molar-refractivity contribution in [3.05, 3.63) is 23.8 Å². The van der Waals surface area contributed by atoms with Crippen LogP contribution in [-0.4, -0.2) is 56.5 Å². The first-order valence-corrected chi connectivity index (χ1v) is 7.78. The number of hydrogen-bond acceptors (Lipinski definition) is 4. The molecule has 0 unspecified atom stereocenters. The Balaban J connectivity index is 1.54. The molecule has 0 saturated carbocycles. The van der Waals surface area contributed by atoms with Gasteiger partial charge in [-0.3, -0.25) is 4.90 Å². The number of ether oxygens (including phenoxy) is 2. The maximum Gasteiger partial charge on any atom is 0.401 e. The molecule has 4 nitrogen and oxygen atoms in total. The van der Waals surface area contributed by atoms with Crippen LogP contribution in [0.4, 0.5) is 13.2 Å². The molecule has 0 radical (unpaired) electrons. The predicted octanol–water partition coefficient (Wildman–Crippen LogP) is 2.22. The Hall–Kier alpha value is -1.47. The SMILES string of the molecule is COc1cccc2c1OC[C@H](N[C@H]1CCN(CC(F)(F)F)C1)C2. The number of rotatable bonds is 4. The van der Waals surface area contributed by atoms with Crippen molar-refractivity contribution in [2.45, 2.75) is 31.1 Å². The van der Waals surface area contributed by atoms with Crippen LogP contribution >= 0.6 is 0 Å². The van der Waals surface area contributed by atoms with E-state index in [1.165, 1.54) is 4.90 Å². The van der Waals surface area contributed by atoms with Gasteiger partial charge in [-0.25, -0.2) is 0 Å². The van der Waals surface area contributed by atoms with Crippen LogP contribution in [0.3, 0.4) is 0 Å². The first kappa shape index (κ1) is 16.4. The highest BCUT2D eigenvalue weighted by Gasteiger charge is 2.35. The van der Waals surface area contributed by atoms with Gasteiger partial charge in [0.2, 0.25) is 0 Å². The largest absolute Gasteiger partial charge is 0.493 e. The Morgan fingerprint density at radius 1 is 1.35 bits per heavy atom. The summed E-state index contributed by atoms with van der Waals surface area (Å²) in [6, 6.07) is 5.97. The Kier molecular flexibility index (Phi) is 4.68. The van der Waals surface area contributed by atoms with Gasteiger partial charge in [-0.15, -0.1) is 0 Å². The number of nitrogens with one attached hydrogen (secondary N) is 1. The van der Waals surface area contributed by atoms with Gasteiger partial charge in [-0.05, 0) is 24.5 Å². The Bertz CT molecular complexity index is 551. The molecule has 1 aromatic carbocycles. The van der Waals surface area contributed by atoms with Gasteiger partial charge in [-0.1, -0.05) is 12.1 Å². The topological polar surface area (TPSA) is 33.7 Å². The third-order valence-corrected chi connectivity index (χ3v) is 4.32. The molecular weight excluding hydrogens is 309 g/mol. The summed E-state index contributed by atoms with van der Waals surface area (Å²) in [4.78, 5) is 1.46. The second kappa shape index (κ2) is 6.57. The van der Waals surface area contributed by atoms with E-state index in [4.69, 9.17) is 9.47 Å². The van der Waals surface area contributed by atoms with E-state index in [-0.39, 0.29) is 12.1 Å². The molecule has 0 spiro atoms. The summed E-state index contributed by atoms with van der Waals surface area (Å²) in [5.41, 5.74) is 1.07. The van der Waals surface area contributed by atoms with Crippen LogP contribution in [0.15, 0.2) is 18.2 Å². The maximum absolute atomic E-state index is 12.4. The number of hydrogen-bond donors (Lipinski definition) is 1. The van der Waals surface area contributed by atoms with Gasteiger partial charge in [0.15, 0.2) is 11.5 Å². The normalized spacial score (nSPS) is 25.0. The molecule has 2 aliphatic heterocycles. The fraction of sp³-hybridized carbons (Fsp3) is 0.625. The number of nitrogens with zero attached hydrogens (tertiary/aromatic N) is 1. The molecule has 128 valence electrons. The predicted molar refractivity (Wildman–Crippen MR) is 80.0 cm³/mol. The van der Waals surface area contributed by atoms with Gasteiger partial charge in [0.05, 0.1) is 13.7 Å². The lowest BCUT2D eigenvalue weighted by Crippen LogP contribution is -2.46. The first-order valence-electron chi connectivity index (χ1n) is 7.78. The molecule has 2 heterocycles. The van der Waals surface area contributed by atoms with Crippen molar-refractivity contribution in [2.75, 3.05) is 33.4 Å². The summed E-state index contributed by atoms with van der Waals surface area (Å²) in [5.74, 6) is 1.50. The van der Waals surface area contributed by atoms with Gasteiger partial charge in [0.1, 0.15) is 6.61 Å². The number of alkyl halides is 3. The van der Waals surface area contributed by atoms with E-state index < -0.39 is 12.7 Å². The Morgan fingerprint density at radius 2 is 2.17 bits per heavy atom. The molecule has 0 aromatic heterocycles. The molecule has 1 fully saturated rings. The van der Waals surface area contributed by atoms with E-state index in [1.807, 2.05) is 18.2 Å². The molecule has 23 heavy (non-hydrogen) atoms. The second-order valence-corrected chi connectivity index (χ2v) is 6.16. The minimum atomic E-state index is -4.13. The minimum absolute atomic E-state index is 0.0816. The van der Waals surface area contributed by atoms with Crippen LogP contribution in [-0.2, 0) is 6.42 Å². The zero-order chi connectivity index (χ0) is 16.4. The zero-order valence-electron chi connectivity index (χ0n) is 13.0. The van der Waals surface area contributed by atoms with E-state index in [1.54, 1.807) is 7.11 Å². The molecule has 2 aliphatic rings. The molecule has 0 bridgehead atoms. The lowest BCUT2D eigenvalue weighted by Gasteiger charge is -2.29. The first-order chi connectivity index (χ1) is 10.9. The summed E-state index contributed by atoms with van der Waals surface area (Å²) in [6.45, 7) is 0.589. The number of benzene rings is 1. The molecule has 0 aliphatic carbocycles. The monoisotopic (exact) mass is 330 g/mol. The van der Waals surface area contributed by atoms with E-state index in [2.05, 4.69) is 5.32 Å². The molecule has 7 heteroatoms. The van der Waals surface area contributed by atoms with Crippen LogP contribution < -0.4 is 14.8 Å². The van der Waals surface area contributed by atoms with Crippen molar-refractivity contribution in [3.8, 4) is 11.5 Å². The molecular formula is C16H21F3N2O2. The fourth-order valence-electron chi connectivity index (χ4n) is 3.36. The van der Waals surface area contributed by atoms with Crippen molar-refractivity contribution in [1.29, 1.82) is 0 Å². The molecule has 1 saturated heterocycles. The number of para-hydroxylation sites is 1. The van der Waals surface area contributed by atoms with Gasteiger partial charge >= 0.3 is 6.18 Å². The second-order valence-electron chi connectivity index (χ2n) is 6.16. The number of methoxy groups -OCH3 is 1. The van der Waals surface area contributed by atoms with E-state index in [0.29, 0.717) is 19.7 Å². The molecule has 1 N–H and O–H groups in total. The lowest BCUT2D eigenvalue weighted by molar-refractivity contribution is -0.143. The van der Waals surface area contributed by atoms with Crippen molar-refractivity contribution >= 4 is 0 Å². The van der Waals surface area contributed by atoms with Crippen LogP contribution in [0, 0.1) is 0 Å². The van der Waals surface area contributed by atoms with Crippen LogP contribution in [0.25, 0.3) is 0 Å². The van der Waals surface area contributed by atoms with Gasteiger partial charge in [0, 0.05) is 25.2 Å². The standard InChI is InChI=1S/C16H21F3N2O2/c1-22-14-4-2-3-11-7-13(9-23-15(11)14)20-12-5-6-21(8-12)10-16(17,18)19/h2-4,12-13,20H,5-10H2,1H3/t12-,13+/m0/s1. The quantitative estimate of drug-likeness (QED) is 0.918. The van der Waals surface area contributed by atoms with Crippen molar-refractivity contribution in [3.63, 3.8) is 0 Å². The Morgan fingerprint density at radius 3 is 2.91 bits per heavy atom. The van der Waals surface area contributed by atoms with E-state index >= 15 is 0 Å². The Labute approximate surface area is 133 Å². The van der Waals surface area contributed by atoms with Crippen LogP contribution in [0.5, 0.6) is 11.5 Å². The van der Waals surface area contributed by atoms with Crippen molar-refractivity contribution in [1.82, 2.24) is 10.2 Å². The van der Waals surface area contributed by atoms with Gasteiger partial charge in [0.25, 0.3) is 0 Å². The third-order valence-electron chi connectivity index (χ3n) is 4.32. The average molecular weight is 330 g/mol. The summed E-state index contributed by atoms with van der Waals surface area (Å²) in [6.07, 6.45) is -2.60. The number of fused-ring (bicyclic) bond motifs is 1. The highest BCUT2D eigenvalue weighted by Crippen LogP contribution is 2.34. The van der Waals surface area contributed by atoms with Crippen molar-refractivity contribution < 1.29 is 22.6 Å². The number of likely N-dealkylation sites (tertiary alicyclic amines) is 1. The minimum Gasteiger partial charge on any atom is -0.493 e. The van der Waals surface area contributed by atoms with Crippen LogP contribution in [0.2, 0.25) is 0 Å². The summed E-state index contributed by atoms with van der Waals surface area (Å²) >= 11 is 0. The van der Waals surface area contributed by atoms with E-state index in [0.717, 1.165) is 29.9 Å². The van der Waals surface area contributed by atoms with Crippen molar-refractivity contribution in [2.24, 2.45) is 0 Å². The molecule has 1 aromatic rings. The van der Waals surface area contributed by atoms with Gasteiger partial charge in [-0.2, -0.15) is 13.2 Å². The smallest absolute Gasteiger partial charge is 0.401 e. The highest BCUT2D eigenvalue weighted by molar-refractivity contribution is 5.48. The average Bonchev–Trinajstić information content (AvgIpc) is 2.91. The third kappa shape index (κ3) is 4.09. The maximum atomic E-state index is 12.4. The number of halogens is 3. The zero-order valence-corrected chi connectivity index (χ0v) is 13.0. The summed E-state index contributed by atoms with van der Waals surface area (Å²) in [7, 11) is 1.61. The summed E-state index contributed by atoms with van der Waals surface area (Å²) in [5, 5.41) is 3.44.